The average molecular weight is 309 g/mol. The number of aryl methyl sites for hydroxylation is 1. The van der Waals surface area contributed by atoms with E-state index in [1.807, 2.05) is 42.8 Å². The Balaban J connectivity index is 1.89. The van der Waals surface area contributed by atoms with Crippen LogP contribution < -0.4 is 5.32 Å². The first-order valence-electron chi connectivity index (χ1n) is 7.33. The number of aromatic nitrogens is 2. The van der Waals surface area contributed by atoms with Gasteiger partial charge < -0.3 is 5.32 Å². The molecule has 4 rings (SSSR count). The number of pyridine rings is 1. The fraction of sp³-hybridized carbons (Fsp3) is 0.235. The van der Waals surface area contributed by atoms with Crippen LogP contribution in [0.3, 0.4) is 0 Å². The van der Waals surface area contributed by atoms with Crippen LogP contribution in [-0.4, -0.2) is 21.9 Å². The smallest absolute Gasteiger partial charge is 0.252 e. The van der Waals surface area contributed by atoms with E-state index >= 15 is 0 Å². The molecule has 1 aliphatic carbocycles. The highest BCUT2D eigenvalue weighted by molar-refractivity contribution is 7.13. The zero-order valence-electron chi connectivity index (χ0n) is 12.2. The molecule has 2 aromatic heterocycles. The molecule has 22 heavy (non-hydrogen) atoms. The quantitative estimate of drug-likeness (QED) is 0.805. The van der Waals surface area contributed by atoms with Gasteiger partial charge in [0.25, 0.3) is 5.91 Å². The number of thiazole rings is 1. The molecule has 0 aliphatic heterocycles. The van der Waals surface area contributed by atoms with E-state index in [0.29, 0.717) is 11.6 Å². The summed E-state index contributed by atoms with van der Waals surface area (Å²) in [5.41, 5.74) is 5.11. The van der Waals surface area contributed by atoms with Gasteiger partial charge in [-0.3, -0.25) is 4.79 Å². The number of fused-ring (bicyclic) bond motifs is 1. The van der Waals surface area contributed by atoms with Crippen molar-refractivity contribution in [1.29, 1.82) is 0 Å². The van der Waals surface area contributed by atoms with E-state index in [9.17, 15) is 4.79 Å². The van der Waals surface area contributed by atoms with Crippen LogP contribution in [0.25, 0.3) is 21.5 Å². The first kappa shape index (κ1) is 13.4. The fourth-order valence-corrected chi connectivity index (χ4v) is 3.28. The van der Waals surface area contributed by atoms with Gasteiger partial charge in [-0.15, -0.1) is 11.3 Å². The molecule has 1 aliphatic rings. The second-order valence-electron chi connectivity index (χ2n) is 5.59. The summed E-state index contributed by atoms with van der Waals surface area (Å²) in [5.74, 6) is -0.00971. The monoisotopic (exact) mass is 309 g/mol. The zero-order chi connectivity index (χ0) is 15.1. The molecule has 1 saturated carbocycles. The van der Waals surface area contributed by atoms with E-state index in [0.717, 1.165) is 40.0 Å². The summed E-state index contributed by atoms with van der Waals surface area (Å²) in [6, 6.07) is 10.0. The highest BCUT2D eigenvalue weighted by Gasteiger charge is 2.25. The molecule has 0 bridgehead atoms. The van der Waals surface area contributed by atoms with E-state index in [1.54, 1.807) is 11.3 Å². The van der Waals surface area contributed by atoms with E-state index in [1.165, 1.54) is 0 Å². The Morgan fingerprint density at radius 1 is 1.32 bits per heavy atom. The maximum atomic E-state index is 12.6. The first-order chi connectivity index (χ1) is 10.7. The molecule has 110 valence electrons. The van der Waals surface area contributed by atoms with E-state index < -0.39 is 0 Å². The number of carbonyl (C=O) groups is 1. The minimum Gasteiger partial charge on any atom is -0.349 e. The molecule has 0 unspecified atom stereocenters. The van der Waals surface area contributed by atoms with Crippen molar-refractivity contribution in [2.45, 2.75) is 25.8 Å². The van der Waals surface area contributed by atoms with Crippen molar-refractivity contribution in [3.63, 3.8) is 0 Å². The Kier molecular flexibility index (Phi) is 3.15. The van der Waals surface area contributed by atoms with Gasteiger partial charge in [-0.2, -0.15) is 0 Å². The standard InChI is InChI=1S/C17H15N3OS/c1-10-16(22-9-18-10)15-8-13(17(21)19-11-6-7-11)12-4-2-3-5-14(12)20-15/h2-5,8-9,11H,6-7H2,1H3,(H,19,21). The van der Waals surface area contributed by atoms with Crippen molar-refractivity contribution in [2.75, 3.05) is 0 Å². The number of nitrogens with zero attached hydrogens (tertiary/aromatic N) is 2. The van der Waals surface area contributed by atoms with Crippen molar-refractivity contribution in [1.82, 2.24) is 15.3 Å². The highest BCUT2D eigenvalue weighted by atomic mass is 32.1. The summed E-state index contributed by atoms with van der Waals surface area (Å²) >= 11 is 1.55. The summed E-state index contributed by atoms with van der Waals surface area (Å²) in [6.45, 7) is 1.96. The number of carbonyl (C=O) groups excluding carboxylic acids is 1. The molecule has 4 nitrogen and oxygen atoms in total. The van der Waals surface area contributed by atoms with Gasteiger partial charge in [0, 0.05) is 11.4 Å². The van der Waals surface area contributed by atoms with E-state index in [-0.39, 0.29) is 5.91 Å². The summed E-state index contributed by atoms with van der Waals surface area (Å²) in [5, 5.41) is 3.97. The van der Waals surface area contributed by atoms with Gasteiger partial charge in [0.2, 0.25) is 0 Å². The molecule has 1 amide bonds. The van der Waals surface area contributed by atoms with Gasteiger partial charge in [0.05, 0.1) is 32.9 Å². The number of benzene rings is 1. The summed E-state index contributed by atoms with van der Waals surface area (Å²) < 4.78 is 0. The lowest BCUT2D eigenvalue weighted by molar-refractivity contribution is 0.0952. The van der Waals surface area contributed by atoms with Gasteiger partial charge >= 0.3 is 0 Å². The van der Waals surface area contributed by atoms with Crippen LogP contribution in [0.4, 0.5) is 0 Å². The maximum Gasteiger partial charge on any atom is 0.252 e. The summed E-state index contributed by atoms with van der Waals surface area (Å²) in [6.07, 6.45) is 2.16. The SMILES string of the molecule is Cc1ncsc1-c1cc(C(=O)NC2CC2)c2ccccc2n1. The average Bonchev–Trinajstić information content (AvgIpc) is 3.24. The fourth-order valence-electron chi connectivity index (χ4n) is 2.52. The van der Waals surface area contributed by atoms with Crippen molar-refractivity contribution in [3.8, 4) is 10.6 Å². The lowest BCUT2D eigenvalue weighted by atomic mass is 10.1. The normalized spacial score (nSPS) is 14.2. The van der Waals surface area contributed by atoms with Crippen molar-refractivity contribution < 1.29 is 4.79 Å². The molecule has 2 heterocycles. The minimum absolute atomic E-state index is 0.00971. The van der Waals surface area contributed by atoms with Gasteiger partial charge in [-0.25, -0.2) is 9.97 Å². The van der Waals surface area contributed by atoms with Crippen LogP contribution in [0.2, 0.25) is 0 Å². The Morgan fingerprint density at radius 2 is 2.14 bits per heavy atom. The molecular formula is C17H15N3OS. The van der Waals surface area contributed by atoms with Crippen molar-refractivity contribution in [3.05, 3.63) is 47.1 Å². The summed E-state index contributed by atoms with van der Waals surface area (Å²) in [4.78, 5) is 22.6. The molecule has 5 heteroatoms. The van der Waals surface area contributed by atoms with Gasteiger partial charge in [-0.1, -0.05) is 18.2 Å². The van der Waals surface area contributed by atoms with Crippen LogP contribution in [-0.2, 0) is 0 Å². The number of hydrogen-bond donors (Lipinski definition) is 1. The molecule has 0 spiro atoms. The van der Waals surface area contributed by atoms with Crippen molar-refractivity contribution >= 4 is 28.1 Å². The maximum absolute atomic E-state index is 12.6. The molecule has 0 saturated heterocycles. The predicted molar refractivity (Wildman–Crippen MR) is 88.1 cm³/mol. The Labute approximate surface area is 132 Å². The van der Waals surface area contributed by atoms with Crippen molar-refractivity contribution in [2.24, 2.45) is 0 Å². The molecule has 0 radical (unpaired) electrons. The lowest BCUT2D eigenvalue weighted by Crippen LogP contribution is -2.25. The number of amides is 1. The third-order valence-corrected chi connectivity index (χ3v) is 4.80. The molecule has 0 atom stereocenters. The predicted octanol–water partition coefficient (Wildman–Crippen LogP) is 3.56. The molecular weight excluding hydrogens is 294 g/mol. The lowest BCUT2D eigenvalue weighted by Gasteiger charge is -2.09. The first-order valence-corrected chi connectivity index (χ1v) is 8.21. The third kappa shape index (κ3) is 2.37. The van der Waals surface area contributed by atoms with E-state index in [2.05, 4.69) is 10.3 Å². The van der Waals surface area contributed by atoms with Crippen LogP contribution in [0.15, 0.2) is 35.8 Å². The van der Waals surface area contributed by atoms with Crippen LogP contribution in [0.1, 0.15) is 28.9 Å². The molecule has 1 N–H and O–H groups in total. The topological polar surface area (TPSA) is 54.9 Å². The number of rotatable bonds is 3. The summed E-state index contributed by atoms with van der Waals surface area (Å²) in [7, 11) is 0. The van der Waals surface area contributed by atoms with E-state index in [4.69, 9.17) is 4.98 Å². The Morgan fingerprint density at radius 3 is 2.86 bits per heavy atom. The van der Waals surface area contributed by atoms with Gasteiger partial charge in [0.15, 0.2) is 0 Å². The molecule has 1 aromatic carbocycles. The van der Waals surface area contributed by atoms with Gasteiger partial charge in [0.1, 0.15) is 0 Å². The van der Waals surface area contributed by atoms with Crippen LogP contribution >= 0.6 is 11.3 Å². The molecule has 1 fully saturated rings. The Bertz CT molecular complexity index is 867. The third-order valence-electron chi connectivity index (χ3n) is 3.85. The second kappa shape index (κ2) is 5.18. The highest BCUT2D eigenvalue weighted by Crippen LogP contribution is 2.30. The van der Waals surface area contributed by atoms with Crippen LogP contribution in [0.5, 0.6) is 0 Å². The molecule has 3 aromatic rings. The largest absolute Gasteiger partial charge is 0.349 e. The minimum atomic E-state index is -0.00971. The zero-order valence-corrected chi connectivity index (χ0v) is 13.0. The van der Waals surface area contributed by atoms with Crippen LogP contribution in [0, 0.1) is 6.92 Å². The number of para-hydroxylation sites is 1. The van der Waals surface area contributed by atoms with Gasteiger partial charge in [-0.05, 0) is 31.9 Å². The number of nitrogens with one attached hydrogen (secondary N) is 1. The Hall–Kier alpha value is -2.27. The number of hydrogen-bond acceptors (Lipinski definition) is 4. The second-order valence-corrected chi connectivity index (χ2v) is 6.44.